The first kappa shape index (κ1) is 16.7. The van der Waals surface area contributed by atoms with Crippen LogP contribution in [-0.2, 0) is 0 Å². The van der Waals surface area contributed by atoms with E-state index >= 15 is 0 Å². The zero-order chi connectivity index (χ0) is 16.6. The zero-order valence-corrected chi connectivity index (χ0v) is 14.5. The zero-order valence-electron chi connectivity index (χ0n) is 14.5. The van der Waals surface area contributed by atoms with Gasteiger partial charge in [0.1, 0.15) is 0 Å². The summed E-state index contributed by atoms with van der Waals surface area (Å²) >= 11 is 0. The van der Waals surface area contributed by atoms with Crippen LogP contribution in [0.1, 0.15) is 56.7 Å². The molecule has 0 saturated carbocycles. The largest absolute Gasteiger partial charge is 0.386 e. The lowest BCUT2D eigenvalue weighted by Crippen LogP contribution is -2.23. The van der Waals surface area contributed by atoms with Gasteiger partial charge in [0.2, 0.25) is 0 Å². The molecule has 2 aromatic carbocycles. The van der Waals surface area contributed by atoms with Gasteiger partial charge in [-0.2, -0.15) is 0 Å². The van der Waals surface area contributed by atoms with E-state index in [-0.39, 0.29) is 0 Å². The first-order chi connectivity index (χ1) is 10.2. The molecule has 2 aromatic rings. The molecule has 2 unspecified atom stereocenters. The topological polar surface area (TPSA) is 46.2 Å². The Morgan fingerprint density at radius 1 is 0.682 bits per heavy atom. The Bertz CT molecular complexity index is 595. The van der Waals surface area contributed by atoms with E-state index in [4.69, 9.17) is 5.73 Å². The van der Waals surface area contributed by atoms with Gasteiger partial charge in [-0.15, -0.1) is 0 Å². The number of nitrogens with two attached hydrogens (primary N) is 1. The quantitative estimate of drug-likeness (QED) is 0.888. The molecule has 118 valence electrons. The Kier molecular flexibility index (Phi) is 4.74. The second kappa shape index (κ2) is 6.23. The van der Waals surface area contributed by atoms with Gasteiger partial charge < -0.3 is 10.8 Å². The molecule has 0 bridgehead atoms. The summed E-state index contributed by atoms with van der Waals surface area (Å²) in [5.74, 6) is 0. The monoisotopic (exact) mass is 297 g/mol. The fourth-order valence-corrected chi connectivity index (χ4v) is 3.71. The van der Waals surface area contributed by atoms with E-state index in [9.17, 15) is 5.11 Å². The second-order valence-corrected chi connectivity index (χ2v) is 6.60. The number of rotatable bonds is 3. The van der Waals surface area contributed by atoms with Crippen LogP contribution in [0.2, 0.25) is 0 Å². The first-order valence-electron chi connectivity index (χ1n) is 7.81. The van der Waals surface area contributed by atoms with Crippen LogP contribution in [-0.4, -0.2) is 5.11 Å². The Morgan fingerprint density at radius 3 is 1.36 bits per heavy atom. The van der Waals surface area contributed by atoms with Crippen molar-refractivity contribution in [2.45, 2.75) is 53.7 Å². The summed E-state index contributed by atoms with van der Waals surface area (Å²) in [4.78, 5) is 0. The second-order valence-electron chi connectivity index (χ2n) is 6.60. The van der Waals surface area contributed by atoms with Crippen molar-refractivity contribution in [1.82, 2.24) is 0 Å². The summed E-state index contributed by atoms with van der Waals surface area (Å²) in [7, 11) is 0. The van der Waals surface area contributed by atoms with E-state index in [0.717, 1.165) is 33.4 Å². The summed E-state index contributed by atoms with van der Waals surface area (Å²) in [6, 6.07) is 8.05. The van der Waals surface area contributed by atoms with Crippen LogP contribution in [0, 0.1) is 41.5 Å². The predicted octanol–water partition coefficient (Wildman–Crippen LogP) is 4.27. The molecule has 0 spiro atoms. The normalized spacial score (nSPS) is 14.0. The summed E-state index contributed by atoms with van der Waals surface area (Å²) in [5.41, 5.74) is 15.4. The van der Waals surface area contributed by atoms with Gasteiger partial charge in [0, 0.05) is 0 Å². The van der Waals surface area contributed by atoms with Crippen LogP contribution >= 0.6 is 0 Å². The molecule has 2 atom stereocenters. The molecule has 2 rings (SSSR count). The Labute approximate surface area is 134 Å². The van der Waals surface area contributed by atoms with Gasteiger partial charge in [-0.25, -0.2) is 0 Å². The molecule has 0 amide bonds. The molecular weight excluding hydrogens is 270 g/mol. The van der Waals surface area contributed by atoms with Gasteiger partial charge in [0.05, 0.1) is 12.1 Å². The Hall–Kier alpha value is -1.64. The minimum Gasteiger partial charge on any atom is -0.386 e. The van der Waals surface area contributed by atoms with Crippen LogP contribution in [0.25, 0.3) is 0 Å². The fraction of sp³-hybridized carbons (Fsp3) is 0.400. The van der Waals surface area contributed by atoms with E-state index in [1.54, 1.807) is 0 Å². The SMILES string of the molecule is Cc1cc(C)c(C(N)C(O)c2c(C)cc(C)cc2C)c(C)c1. The fourth-order valence-electron chi connectivity index (χ4n) is 3.71. The Balaban J connectivity index is 2.49. The molecule has 0 fully saturated rings. The highest BCUT2D eigenvalue weighted by molar-refractivity contribution is 5.44. The summed E-state index contributed by atoms with van der Waals surface area (Å²) < 4.78 is 0. The number of hydrogen-bond acceptors (Lipinski definition) is 2. The lowest BCUT2D eigenvalue weighted by Gasteiger charge is -2.26. The van der Waals surface area contributed by atoms with Gasteiger partial charge in [0.25, 0.3) is 0 Å². The maximum absolute atomic E-state index is 10.9. The van der Waals surface area contributed by atoms with E-state index in [1.807, 2.05) is 13.8 Å². The van der Waals surface area contributed by atoms with E-state index in [2.05, 4.69) is 52.0 Å². The van der Waals surface area contributed by atoms with Crippen molar-refractivity contribution in [2.24, 2.45) is 5.73 Å². The number of benzene rings is 2. The number of aliphatic hydroxyl groups excluding tert-OH is 1. The third-order valence-electron chi connectivity index (χ3n) is 4.45. The molecule has 0 aliphatic heterocycles. The van der Waals surface area contributed by atoms with Crippen LogP contribution < -0.4 is 5.73 Å². The molecule has 0 radical (unpaired) electrons. The highest BCUT2D eigenvalue weighted by Gasteiger charge is 2.24. The van der Waals surface area contributed by atoms with Gasteiger partial charge in [-0.1, -0.05) is 35.4 Å². The molecular formula is C20H27NO. The third-order valence-corrected chi connectivity index (χ3v) is 4.45. The van der Waals surface area contributed by atoms with Crippen molar-refractivity contribution < 1.29 is 5.11 Å². The molecule has 0 heterocycles. The van der Waals surface area contributed by atoms with Crippen LogP contribution in [0.5, 0.6) is 0 Å². The average molecular weight is 297 g/mol. The van der Waals surface area contributed by atoms with Gasteiger partial charge in [-0.3, -0.25) is 0 Å². The molecule has 0 aliphatic rings. The summed E-state index contributed by atoms with van der Waals surface area (Å²) in [6.45, 7) is 12.4. The van der Waals surface area contributed by atoms with Crippen molar-refractivity contribution in [1.29, 1.82) is 0 Å². The molecule has 3 N–H and O–H groups in total. The number of hydrogen-bond donors (Lipinski definition) is 2. The molecule has 0 aromatic heterocycles. The van der Waals surface area contributed by atoms with Crippen molar-refractivity contribution in [3.8, 4) is 0 Å². The number of aliphatic hydroxyl groups is 1. The molecule has 0 aliphatic carbocycles. The predicted molar refractivity (Wildman–Crippen MR) is 93.2 cm³/mol. The Morgan fingerprint density at radius 2 is 1.00 bits per heavy atom. The smallest absolute Gasteiger partial charge is 0.0987 e. The highest BCUT2D eigenvalue weighted by atomic mass is 16.3. The molecule has 0 saturated heterocycles. The van der Waals surface area contributed by atoms with E-state index < -0.39 is 12.1 Å². The first-order valence-corrected chi connectivity index (χ1v) is 7.81. The standard InChI is InChI=1S/C20H27NO/c1-11-7-13(3)17(14(4)8-11)19(21)20(22)18-15(5)9-12(2)10-16(18)6/h7-10,19-20,22H,21H2,1-6H3. The van der Waals surface area contributed by atoms with Crippen molar-refractivity contribution in [3.05, 3.63) is 68.8 Å². The van der Waals surface area contributed by atoms with Crippen LogP contribution in [0.3, 0.4) is 0 Å². The summed E-state index contributed by atoms with van der Waals surface area (Å²) in [5, 5.41) is 10.9. The van der Waals surface area contributed by atoms with Gasteiger partial charge >= 0.3 is 0 Å². The van der Waals surface area contributed by atoms with Crippen LogP contribution in [0.15, 0.2) is 24.3 Å². The molecule has 2 heteroatoms. The third kappa shape index (κ3) is 3.08. The van der Waals surface area contributed by atoms with Crippen LogP contribution in [0.4, 0.5) is 0 Å². The summed E-state index contributed by atoms with van der Waals surface area (Å²) in [6.07, 6.45) is -0.694. The van der Waals surface area contributed by atoms with E-state index in [0.29, 0.717) is 0 Å². The van der Waals surface area contributed by atoms with Crippen molar-refractivity contribution in [3.63, 3.8) is 0 Å². The lowest BCUT2D eigenvalue weighted by molar-refractivity contribution is 0.145. The minimum absolute atomic E-state index is 0.416. The minimum atomic E-state index is -0.694. The maximum atomic E-state index is 10.9. The number of aryl methyl sites for hydroxylation is 6. The maximum Gasteiger partial charge on any atom is 0.0987 e. The average Bonchev–Trinajstić information content (AvgIpc) is 2.35. The van der Waals surface area contributed by atoms with Gasteiger partial charge in [-0.05, 0) is 74.9 Å². The highest BCUT2D eigenvalue weighted by Crippen LogP contribution is 2.34. The van der Waals surface area contributed by atoms with Crippen molar-refractivity contribution >= 4 is 0 Å². The lowest BCUT2D eigenvalue weighted by atomic mass is 9.86. The van der Waals surface area contributed by atoms with E-state index in [1.165, 1.54) is 11.1 Å². The molecule has 22 heavy (non-hydrogen) atoms. The van der Waals surface area contributed by atoms with Crippen molar-refractivity contribution in [2.75, 3.05) is 0 Å². The molecule has 2 nitrogen and oxygen atoms in total. The van der Waals surface area contributed by atoms with Gasteiger partial charge in [0.15, 0.2) is 0 Å².